The lowest BCUT2D eigenvalue weighted by atomic mass is 9.89. The van der Waals surface area contributed by atoms with Crippen LogP contribution in [-0.4, -0.2) is 16.9 Å². The average molecular weight is 339 g/mol. The fraction of sp³-hybridized carbons (Fsp3) is 0.476. The Kier molecular flexibility index (Phi) is 7.40. The lowest BCUT2D eigenvalue weighted by Crippen LogP contribution is -2.13. The molecule has 0 saturated heterocycles. The summed E-state index contributed by atoms with van der Waals surface area (Å²) in [6.45, 7) is 0. The first-order valence-corrected chi connectivity index (χ1v) is 9.03. The third-order valence-corrected chi connectivity index (χ3v) is 4.86. The molecule has 0 heterocycles. The van der Waals surface area contributed by atoms with Gasteiger partial charge < -0.3 is 5.11 Å². The zero-order chi connectivity index (χ0) is 18.1. The Morgan fingerprint density at radius 3 is 2.84 bits per heavy atom. The van der Waals surface area contributed by atoms with Gasteiger partial charge in [-0.1, -0.05) is 43.5 Å². The Hall–Kier alpha value is -2.41. The first kappa shape index (κ1) is 18.9. The highest BCUT2D eigenvalue weighted by Gasteiger charge is 2.32. The van der Waals surface area contributed by atoms with Crippen LogP contribution in [0, 0.1) is 23.2 Å². The number of carbonyl (C=O) groups is 2. The van der Waals surface area contributed by atoms with Crippen molar-refractivity contribution in [2.24, 2.45) is 11.8 Å². The van der Waals surface area contributed by atoms with Crippen LogP contribution in [0.1, 0.15) is 62.5 Å². The quantitative estimate of drug-likeness (QED) is 0.667. The van der Waals surface area contributed by atoms with Crippen molar-refractivity contribution in [3.05, 3.63) is 41.5 Å². The van der Waals surface area contributed by atoms with Crippen molar-refractivity contribution in [1.82, 2.24) is 0 Å². The number of hydrogen-bond acceptors (Lipinski definition) is 3. The maximum Gasteiger partial charge on any atom is 0.303 e. The van der Waals surface area contributed by atoms with Crippen LogP contribution >= 0.6 is 0 Å². The van der Waals surface area contributed by atoms with E-state index in [9.17, 15) is 9.59 Å². The predicted molar refractivity (Wildman–Crippen MR) is 96.7 cm³/mol. The lowest BCUT2D eigenvalue weighted by Gasteiger charge is -2.14. The van der Waals surface area contributed by atoms with Crippen molar-refractivity contribution in [3.63, 3.8) is 0 Å². The normalized spacial score (nSPS) is 20.0. The fourth-order valence-electron chi connectivity index (χ4n) is 3.48. The monoisotopic (exact) mass is 339 g/mol. The molecular weight excluding hydrogens is 314 g/mol. The summed E-state index contributed by atoms with van der Waals surface area (Å²) in [6, 6.07) is 9.60. The maximum atomic E-state index is 12.2. The van der Waals surface area contributed by atoms with Crippen LogP contribution in [0.2, 0.25) is 0 Å². The van der Waals surface area contributed by atoms with Crippen molar-refractivity contribution in [3.8, 4) is 6.07 Å². The third-order valence-electron chi connectivity index (χ3n) is 4.86. The second-order valence-electron chi connectivity index (χ2n) is 6.72. The number of carboxylic acids is 1. The molecule has 0 radical (unpaired) electrons. The van der Waals surface area contributed by atoms with Gasteiger partial charge in [-0.3, -0.25) is 9.59 Å². The summed E-state index contributed by atoms with van der Waals surface area (Å²) >= 11 is 0. The first-order valence-electron chi connectivity index (χ1n) is 9.03. The summed E-state index contributed by atoms with van der Waals surface area (Å²) in [4.78, 5) is 22.6. The minimum atomic E-state index is -0.739. The Bertz CT molecular complexity index is 672. The molecule has 0 spiro atoms. The van der Waals surface area contributed by atoms with Gasteiger partial charge in [-0.15, -0.1) is 0 Å². The molecule has 1 aromatic rings. The van der Waals surface area contributed by atoms with Crippen LogP contribution in [0.4, 0.5) is 0 Å². The van der Waals surface area contributed by atoms with E-state index in [1.807, 2.05) is 24.3 Å². The van der Waals surface area contributed by atoms with Crippen LogP contribution in [-0.2, 0) is 9.59 Å². The lowest BCUT2D eigenvalue weighted by molar-refractivity contribution is -0.137. The van der Waals surface area contributed by atoms with Crippen LogP contribution in [0.5, 0.6) is 0 Å². The number of nitrogens with zero attached hydrogens (tertiary/aromatic N) is 1. The zero-order valence-electron chi connectivity index (χ0n) is 14.5. The van der Waals surface area contributed by atoms with Gasteiger partial charge in [-0.2, -0.15) is 5.26 Å². The zero-order valence-corrected chi connectivity index (χ0v) is 14.5. The van der Waals surface area contributed by atoms with Crippen molar-refractivity contribution >= 4 is 17.8 Å². The molecule has 2 atom stereocenters. The SMILES string of the molecule is N#Cc1cccc(/C=C/[C@H]2CCC(=O)[C@@H]2CCCCCCC(=O)O)c1. The van der Waals surface area contributed by atoms with E-state index in [4.69, 9.17) is 10.4 Å². The summed E-state index contributed by atoms with van der Waals surface area (Å²) in [7, 11) is 0. The molecule has 132 valence electrons. The number of carboxylic acid groups (broad SMARTS) is 1. The first-order chi connectivity index (χ1) is 12.1. The van der Waals surface area contributed by atoms with Gasteiger partial charge in [-0.05, 0) is 42.9 Å². The van der Waals surface area contributed by atoms with E-state index in [1.165, 1.54) is 0 Å². The number of unbranched alkanes of at least 4 members (excludes halogenated alkanes) is 3. The number of aliphatic carboxylic acids is 1. The highest BCUT2D eigenvalue weighted by molar-refractivity contribution is 5.84. The van der Waals surface area contributed by atoms with Gasteiger partial charge in [-0.25, -0.2) is 0 Å². The summed E-state index contributed by atoms with van der Waals surface area (Å²) in [5.74, 6) is -0.0188. The number of Topliss-reactive ketones (excluding diaryl/α,β-unsaturated/α-hetero) is 1. The Morgan fingerprint density at radius 1 is 1.28 bits per heavy atom. The average Bonchev–Trinajstić information content (AvgIpc) is 2.96. The Morgan fingerprint density at radius 2 is 2.08 bits per heavy atom. The number of ketones is 1. The molecule has 0 amide bonds. The molecule has 1 aliphatic rings. The van der Waals surface area contributed by atoms with Gasteiger partial charge in [0, 0.05) is 18.8 Å². The summed E-state index contributed by atoms with van der Waals surface area (Å²) < 4.78 is 0. The van der Waals surface area contributed by atoms with E-state index in [0.29, 0.717) is 24.2 Å². The number of carbonyl (C=O) groups excluding carboxylic acids is 1. The van der Waals surface area contributed by atoms with Crippen molar-refractivity contribution in [1.29, 1.82) is 5.26 Å². The molecule has 1 saturated carbocycles. The van der Waals surface area contributed by atoms with Gasteiger partial charge in [0.1, 0.15) is 5.78 Å². The number of hydrogen-bond donors (Lipinski definition) is 1. The number of benzene rings is 1. The molecule has 4 nitrogen and oxygen atoms in total. The van der Waals surface area contributed by atoms with E-state index in [0.717, 1.165) is 37.7 Å². The minimum absolute atomic E-state index is 0.0925. The van der Waals surface area contributed by atoms with E-state index < -0.39 is 5.97 Å². The number of nitriles is 1. The van der Waals surface area contributed by atoms with Crippen molar-refractivity contribution in [2.75, 3.05) is 0 Å². The third kappa shape index (κ3) is 6.19. The highest BCUT2D eigenvalue weighted by atomic mass is 16.4. The van der Waals surface area contributed by atoms with E-state index in [2.05, 4.69) is 12.1 Å². The molecule has 0 aliphatic heterocycles. The van der Waals surface area contributed by atoms with Crippen molar-refractivity contribution in [2.45, 2.75) is 51.4 Å². The second-order valence-corrected chi connectivity index (χ2v) is 6.72. The maximum absolute atomic E-state index is 12.2. The van der Waals surface area contributed by atoms with Crippen molar-refractivity contribution < 1.29 is 14.7 Å². The molecule has 1 aliphatic carbocycles. The van der Waals surface area contributed by atoms with E-state index in [-0.39, 0.29) is 18.3 Å². The molecule has 2 rings (SSSR count). The fourth-order valence-corrected chi connectivity index (χ4v) is 3.48. The molecule has 1 fully saturated rings. The second kappa shape index (κ2) is 9.78. The molecule has 0 bridgehead atoms. The summed E-state index contributed by atoms with van der Waals surface area (Å²) in [5, 5.41) is 17.6. The standard InChI is InChI=1S/C21H25NO3/c22-15-17-7-5-6-16(14-17)10-11-18-12-13-20(23)19(18)8-3-1-2-4-9-21(24)25/h5-7,10-11,14,18-19H,1-4,8-9,12-13H2,(H,24,25)/b11-10+/t18-,19+/m0/s1. The predicted octanol–water partition coefficient (Wildman–Crippen LogP) is 4.59. The summed E-state index contributed by atoms with van der Waals surface area (Å²) in [6.07, 6.45) is 10.4. The van der Waals surface area contributed by atoms with Crippen LogP contribution in [0.15, 0.2) is 30.3 Å². The highest BCUT2D eigenvalue weighted by Crippen LogP contribution is 2.34. The molecule has 1 N–H and O–H groups in total. The molecular formula is C21H25NO3. The smallest absolute Gasteiger partial charge is 0.303 e. The Balaban J connectivity index is 1.83. The van der Waals surface area contributed by atoms with Gasteiger partial charge in [0.2, 0.25) is 0 Å². The van der Waals surface area contributed by atoms with E-state index >= 15 is 0 Å². The van der Waals surface area contributed by atoms with Gasteiger partial charge in [0.25, 0.3) is 0 Å². The number of allylic oxidation sites excluding steroid dienone is 1. The van der Waals surface area contributed by atoms with Crippen LogP contribution in [0.3, 0.4) is 0 Å². The number of rotatable bonds is 9. The molecule has 0 aromatic heterocycles. The molecule has 0 unspecified atom stereocenters. The largest absolute Gasteiger partial charge is 0.481 e. The topological polar surface area (TPSA) is 78.2 Å². The summed E-state index contributed by atoms with van der Waals surface area (Å²) in [5.41, 5.74) is 1.63. The Labute approximate surface area is 149 Å². The molecule has 25 heavy (non-hydrogen) atoms. The molecule has 1 aromatic carbocycles. The molecule has 4 heteroatoms. The van der Waals surface area contributed by atoms with E-state index in [1.54, 1.807) is 6.07 Å². The van der Waals surface area contributed by atoms with Crippen LogP contribution in [0.25, 0.3) is 6.08 Å². The minimum Gasteiger partial charge on any atom is -0.481 e. The van der Waals surface area contributed by atoms with Gasteiger partial charge in [0.05, 0.1) is 11.6 Å². The van der Waals surface area contributed by atoms with Crippen LogP contribution < -0.4 is 0 Å². The van der Waals surface area contributed by atoms with Gasteiger partial charge in [0.15, 0.2) is 0 Å². The van der Waals surface area contributed by atoms with Gasteiger partial charge >= 0.3 is 5.97 Å².